The van der Waals surface area contributed by atoms with Gasteiger partial charge in [-0.15, -0.1) is 0 Å². The van der Waals surface area contributed by atoms with E-state index in [1.54, 1.807) is 12.1 Å². The molecular formula is C23H26N2NaO3S. The second-order valence-electron chi connectivity index (χ2n) is 7.45. The first kappa shape index (κ1) is 24.4. The van der Waals surface area contributed by atoms with Crippen molar-refractivity contribution in [1.82, 2.24) is 0 Å². The molecule has 0 saturated carbocycles. The molecule has 0 amide bonds. The fourth-order valence-corrected chi connectivity index (χ4v) is 3.90. The molecule has 5 nitrogen and oxygen atoms in total. The maximum Gasteiger partial charge on any atom is 0.294 e. The predicted octanol–water partition coefficient (Wildman–Crippen LogP) is 3.86. The van der Waals surface area contributed by atoms with Crippen molar-refractivity contribution in [3.05, 3.63) is 89.5 Å². The summed E-state index contributed by atoms with van der Waals surface area (Å²) in [5.41, 5.74) is 5.06. The van der Waals surface area contributed by atoms with E-state index in [4.69, 9.17) is 0 Å². The quantitative estimate of drug-likeness (QED) is 0.363. The second-order valence-corrected chi connectivity index (χ2v) is 8.87. The van der Waals surface area contributed by atoms with Crippen LogP contribution < -0.4 is 9.80 Å². The summed E-state index contributed by atoms with van der Waals surface area (Å²) >= 11 is 0. The first-order valence-corrected chi connectivity index (χ1v) is 10.7. The zero-order chi connectivity index (χ0) is 21.2. The molecule has 0 fully saturated rings. The molecule has 0 heterocycles. The summed E-state index contributed by atoms with van der Waals surface area (Å²) in [6, 6.07) is 22.9. The second kappa shape index (κ2) is 9.98. The molecule has 0 saturated heterocycles. The molecule has 1 N–H and O–H groups in total. The molecule has 3 aromatic carbocycles. The van der Waals surface area contributed by atoms with Gasteiger partial charge < -0.3 is 9.80 Å². The monoisotopic (exact) mass is 433 g/mol. The van der Waals surface area contributed by atoms with Gasteiger partial charge in [0, 0.05) is 75.0 Å². The molecule has 0 aliphatic carbocycles. The van der Waals surface area contributed by atoms with E-state index in [1.165, 1.54) is 6.07 Å². The van der Waals surface area contributed by atoms with Crippen LogP contribution in [0.1, 0.15) is 22.6 Å². The molecule has 0 atom stereocenters. The molecule has 0 unspecified atom stereocenters. The standard InChI is InChI=1S/C23H26N2O3S.Na/c1-24(2)20-12-8-17(9-13-20)23(18-10-14-21(15-11-18)25(3)4)19-6-5-7-22(16-19)29(26,27)28;/h5-16,23H,1-4H3,(H,26,27,28);. The van der Waals surface area contributed by atoms with Crippen molar-refractivity contribution in [2.45, 2.75) is 10.8 Å². The Hall–Kier alpha value is -1.83. The van der Waals surface area contributed by atoms with Crippen LogP contribution >= 0.6 is 0 Å². The molecule has 0 aliphatic heterocycles. The maximum atomic E-state index is 11.7. The molecule has 1 radical (unpaired) electrons. The van der Waals surface area contributed by atoms with Crippen LogP contribution in [0.3, 0.4) is 0 Å². The molecule has 0 aliphatic rings. The van der Waals surface area contributed by atoms with Crippen molar-refractivity contribution < 1.29 is 13.0 Å². The Kier molecular flexibility index (Phi) is 8.13. The topological polar surface area (TPSA) is 60.9 Å². The third-order valence-electron chi connectivity index (χ3n) is 4.97. The van der Waals surface area contributed by atoms with Gasteiger partial charge in [-0.05, 0) is 53.1 Å². The van der Waals surface area contributed by atoms with Crippen molar-refractivity contribution in [2.24, 2.45) is 0 Å². The Labute approximate surface area is 201 Å². The summed E-state index contributed by atoms with van der Waals surface area (Å²) in [6.45, 7) is 0. The molecule has 0 aromatic heterocycles. The van der Waals surface area contributed by atoms with E-state index in [0.29, 0.717) is 0 Å². The number of rotatable bonds is 6. The summed E-state index contributed by atoms with van der Waals surface area (Å²) in [4.78, 5) is 3.96. The van der Waals surface area contributed by atoms with E-state index in [9.17, 15) is 13.0 Å². The van der Waals surface area contributed by atoms with Crippen molar-refractivity contribution in [1.29, 1.82) is 0 Å². The molecule has 3 aromatic rings. The molecule has 0 spiro atoms. The third-order valence-corrected chi connectivity index (χ3v) is 5.82. The zero-order valence-corrected chi connectivity index (χ0v) is 20.9. The fourth-order valence-electron chi connectivity index (χ4n) is 3.36. The van der Waals surface area contributed by atoms with Gasteiger partial charge in [0.05, 0.1) is 4.90 Å². The molecule has 7 heteroatoms. The van der Waals surface area contributed by atoms with Crippen LogP contribution in [-0.4, -0.2) is 70.7 Å². The van der Waals surface area contributed by atoms with E-state index in [2.05, 4.69) is 24.3 Å². The zero-order valence-electron chi connectivity index (χ0n) is 18.1. The Morgan fingerprint density at radius 1 is 0.700 bits per heavy atom. The van der Waals surface area contributed by atoms with E-state index in [0.717, 1.165) is 28.1 Å². The van der Waals surface area contributed by atoms with Crippen LogP contribution in [0.15, 0.2) is 77.7 Å². The Balaban J connectivity index is 0.00000320. The summed E-state index contributed by atoms with van der Waals surface area (Å²) < 4.78 is 32.8. The van der Waals surface area contributed by atoms with E-state index >= 15 is 0 Å². The minimum absolute atomic E-state index is 0. The predicted molar refractivity (Wildman–Crippen MR) is 124 cm³/mol. The number of nitrogens with zero attached hydrogens (tertiary/aromatic N) is 2. The Morgan fingerprint density at radius 2 is 1.13 bits per heavy atom. The van der Waals surface area contributed by atoms with Gasteiger partial charge in [0.15, 0.2) is 0 Å². The van der Waals surface area contributed by atoms with Crippen molar-refractivity contribution >= 4 is 51.1 Å². The van der Waals surface area contributed by atoms with Crippen LogP contribution in [0.5, 0.6) is 0 Å². The number of hydrogen-bond donors (Lipinski definition) is 1. The third kappa shape index (κ3) is 5.65. The molecule has 30 heavy (non-hydrogen) atoms. The van der Waals surface area contributed by atoms with Crippen LogP contribution in [0.2, 0.25) is 0 Å². The molecule has 3 rings (SSSR count). The molecule has 153 valence electrons. The number of anilines is 2. The fraction of sp³-hybridized carbons (Fsp3) is 0.217. The Bertz CT molecular complexity index is 1030. The molecular weight excluding hydrogens is 407 g/mol. The number of benzene rings is 3. The van der Waals surface area contributed by atoms with Gasteiger partial charge in [0.1, 0.15) is 0 Å². The first-order chi connectivity index (χ1) is 13.7. The molecule has 0 bridgehead atoms. The van der Waals surface area contributed by atoms with Gasteiger partial charge in [0.2, 0.25) is 0 Å². The summed E-state index contributed by atoms with van der Waals surface area (Å²) in [6.07, 6.45) is 0. The maximum absolute atomic E-state index is 11.7. The van der Waals surface area contributed by atoms with Gasteiger partial charge in [-0.1, -0.05) is 36.4 Å². The summed E-state index contributed by atoms with van der Waals surface area (Å²) in [5.74, 6) is -0.163. The van der Waals surface area contributed by atoms with Crippen molar-refractivity contribution in [3.63, 3.8) is 0 Å². The van der Waals surface area contributed by atoms with Gasteiger partial charge in [-0.3, -0.25) is 4.55 Å². The van der Waals surface area contributed by atoms with Gasteiger partial charge in [-0.25, -0.2) is 0 Å². The normalized spacial score (nSPS) is 11.1. The van der Waals surface area contributed by atoms with E-state index in [1.807, 2.05) is 68.3 Å². The van der Waals surface area contributed by atoms with Crippen LogP contribution in [-0.2, 0) is 10.1 Å². The summed E-state index contributed by atoms with van der Waals surface area (Å²) in [5, 5.41) is 0. The van der Waals surface area contributed by atoms with Crippen LogP contribution in [0.25, 0.3) is 0 Å². The van der Waals surface area contributed by atoms with Gasteiger partial charge in [0.25, 0.3) is 10.1 Å². The minimum Gasteiger partial charge on any atom is -0.378 e. The van der Waals surface area contributed by atoms with E-state index < -0.39 is 10.1 Å². The van der Waals surface area contributed by atoms with Gasteiger partial charge >= 0.3 is 0 Å². The van der Waals surface area contributed by atoms with Crippen LogP contribution in [0, 0.1) is 0 Å². The smallest absolute Gasteiger partial charge is 0.294 e. The number of hydrogen-bond acceptors (Lipinski definition) is 4. The van der Waals surface area contributed by atoms with Gasteiger partial charge in [-0.2, -0.15) is 8.42 Å². The largest absolute Gasteiger partial charge is 0.378 e. The van der Waals surface area contributed by atoms with Crippen molar-refractivity contribution in [3.8, 4) is 0 Å². The first-order valence-electron chi connectivity index (χ1n) is 9.29. The van der Waals surface area contributed by atoms with Crippen molar-refractivity contribution in [2.75, 3.05) is 38.0 Å². The SMILES string of the molecule is CN(C)c1ccc(C(c2ccc(N(C)C)cc2)c2cccc(S(=O)(=O)O)c2)cc1.[Na]. The minimum atomic E-state index is -4.27. The summed E-state index contributed by atoms with van der Waals surface area (Å²) in [7, 11) is 3.68. The Morgan fingerprint density at radius 3 is 1.50 bits per heavy atom. The van der Waals surface area contributed by atoms with E-state index in [-0.39, 0.29) is 40.4 Å². The average Bonchev–Trinajstić information content (AvgIpc) is 2.68. The van der Waals surface area contributed by atoms with Crippen LogP contribution in [0.4, 0.5) is 11.4 Å². The average molecular weight is 434 g/mol.